The highest BCUT2D eigenvalue weighted by molar-refractivity contribution is 7.16. The van der Waals surface area contributed by atoms with E-state index < -0.39 is 0 Å². The summed E-state index contributed by atoms with van der Waals surface area (Å²) in [4.78, 5) is 12.6. The van der Waals surface area contributed by atoms with Crippen molar-refractivity contribution in [1.29, 1.82) is 0 Å². The molecule has 0 unspecified atom stereocenters. The normalized spacial score (nSPS) is 10.7. The second-order valence-electron chi connectivity index (χ2n) is 3.98. The molecule has 3 nitrogen and oxygen atoms in total. The Morgan fingerprint density at radius 1 is 1.53 bits per heavy atom. The van der Waals surface area contributed by atoms with Crippen molar-refractivity contribution >= 4 is 22.3 Å². The number of hydrogen-bond acceptors (Lipinski definition) is 4. The number of carbonyl (C=O) groups excluding carboxylic acids is 1. The SMILES string of the molecule is COC(=O)c1c(N)sc(CC(C)C)c1C. The summed E-state index contributed by atoms with van der Waals surface area (Å²) in [6.45, 7) is 6.22. The van der Waals surface area contributed by atoms with E-state index in [2.05, 4.69) is 13.8 Å². The summed E-state index contributed by atoms with van der Waals surface area (Å²) in [5, 5.41) is 0.565. The molecule has 0 radical (unpaired) electrons. The third kappa shape index (κ3) is 2.50. The van der Waals surface area contributed by atoms with Crippen molar-refractivity contribution in [2.75, 3.05) is 12.8 Å². The minimum absolute atomic E-state index is 0.337. The fraction of sp³-hybridized carbons (Fsp3) is 0.545. The number of hydrogen-bond donors (Lipinski definition) is 1. The number of anilines is 1. The van der Waals surface area contributed by atoms with Crippen LogP contribution in [0.25, 0.3) is 0 Å². The van der Waals surface area contributed by atoms with E-state index in [4.69, 9.17) is 10.5 Å². The highest BCUT2D eigenvalue weighted by Gasteiger charge is 2.20. The molecule has 0 bridgehead atoms. The summed E-state index contributed by atoms with van der Waals surface area (Å²) in [5.74, 6) is 0.225. The Bertz CT molecular complexity index is 369. The lowest BCUT2D eigenvalue weighted by Crippen LogP contribution is -2.05. The van der Waals surface area contributed by atoms with Crippen molar-refractivity contribution in [1.82, 2.24) is 0 Å². The molecule has 0 aliphatic rings. The molecule has 1 aromatic heterocycles. The number of rotatable bonds is 3. The molecule has 0 saturated heterocycles. The van der Waals surface area contributed by atoms with Crippen LogP contribution in [0.5, 0.6) is 0 Å². The van der Waals surface area contributed by atoms with Gasteiger partial charge in [0.15, 0.2) is 0 Å². The lowest BCUT2D eigenvalue weighted by molar-refractivity contribution is 0.0601. The number of methoxy groups -OCH3 is 1. The van der Waals surface area contributed by atoms with Crippen LogP contribution in [0.4, 0.5) is 5.00 Å². The van der Waals surface area contributed by atoms with Crippen molar-refractivity contribution in [3.63, 3.8) is 0 Å². The number of nitrogen functional groups attached to an aromatic ring is 1. The average molecular weight is 227 g/mol. The van der Waals surface area contributed by atoms with Gasteiger partial charge in [-0.1, -0.05) is 13.8 Å². The minimum atomic E-state index is -0.337. The Labute approximate surface area is 94.2 Å². The number of esters is 1. The molecule has 0 spiro atoms. The Morgan fingerprint density at radius 3 is 2.60 bits per heavy atom. The van der Waals surface area contributed by atoms with Gasteiger partial charge in [-0.2, -0.15) is 0 Å². The van der Waals surface area contributed by atoms with E-state index >= 15 is 0 Å². The molecule has 0 fully saturated rings. The summed E-state index contributed by atoms with van der Waals surface area (Å²) in [6.07, 6.45) is 0.956. The number of nitrogens with two attached hydrogens (primary N) is 1. The van der Waals surface area contributed by atoms with Crippen molar-refractivity contribution in [3.8, 4) is 0 Å². The number of thiophene rings is 1. The molecule has 0 aliphatic carbocycles. The van der Waals surface area contributed by atoms with Gasteiger partial charge in [-0.3, -0.25) is 0 Å². The second kappa shape index (κ2) is 4.66. The Balaban J connectivity index is 3.09. The zero-order valence-electron chi connectivity index (χ0n) is 9.59. The molecule has 4 heteroatoms. The maximum absolute atomic E-state index is 11.5. The van der Waals surface area contributed by atoms with Crippen LogP contribution in [-0.2, 0) is 11.2 Å². The molecular weight excluding hydrogens is 210 g/mol. The molecule has 1 rings (SSSR count). The molecule has 0 aliphatic heterocycles. The van der Waals surface area contributed by atoms with Gasteiger partial charge in [-0.05, 0) is 24.8 Å². The van der Waals surface area contributed by atoms with Gasteiger partial charge < -0.3 is 10.5 Å². The summed E-state index contributed by atoms with van der Waals surface area (Å²) >= 11 is 1.49. The first-order valence-electron chi connectivity index (χ1n) is 4.93. The van der Waals surface area contributed by atoms with Gasteiger partial charge in [0.1, 0.15) is 5.00 Å². The monoisotopic (exact) mass is 227 g/mol. The summed E-state index contributed by atoms with van der Waals surface area (Å²) < 4.78 is 4.70. The third-order valence-electron chi connectivity index (χ3n) is 2.26. The minimum Gasteiger partial charge on any atom is -0.465 e. The van der Waals surface area contributed by atoms with Gasteiger partial charge in [-0.25, -0.2) is 4.79 Å². The van der Waals surface area contributed by atoms with Gasteiger partial charge in [0.05, 0.1) is 12.7 Å². The molecule has 0 saturated carbocycles. The summed E-state index contributed by atoms with van der Waals surface area (Å²) in [6, 6.07) is 0. The predicted molar refractivity (Wildman–Crippen MR) is 63.3 cm³/mol. The number of ether oxygens (including phenoxy) is 1. The molecule has 1 heterocycles. The van der Waals surface area contributed by atoms with E-state index in [0.29, 0.717) is 16.5 Å². The maximum atomic E-state index is 11.5. The lowest BCUT2D eigenvalue weighted by atomic mass is 10.0. The van der Waals surface area contributed by atoms with Crippen LogP contribution in [0.3, 0.4) is 0 Å². The van der Waals surface area contributed by atoms with E-state index in [1.165, 1.54) is 23.3 Å². The number of carbonyl (C=O) groups is 1. The van der Waals surface area contributed by atoms with E-state index in [1.54, 1.807) is 0 Å². The Kier molecular flexibility index (Phi) is 3.74. The van der Waals surface area contributed by atoms with Crippen LogP contribution in [0.15, 0.2) is 0 Å². The maximum Gasteiger partial charge on any atom is 0.341 e. The van der Waals surface area contributed by atoms with Crippen LogP contribution < -0.4 is 5.73 Å². The standard InChI is InChI=1S/C11H17NO2S/c1-6(2)5-8-7(3)9(10(12)15-8)11(13)14-4/h6H,5,12H2,1-4H3. The topological polar surface area (TPSA) is 52.3 Å². The van der Waals surface area contributed by atoms with Gasteiger partial charge in [-0.15, -0.1) is 11.3 Å². The molecule has 0 aromatic carbocycles. The van der Waals surface area contributed by atoms with E-state index in [1.807, 2.05) is 6.92 Å². The lowest BCUT2D eigenvalue weighted by Gasteiger charge is -2.03. The Morgan fingerprint density at radius 2 is 2.13 bits per heavy atom. The molecular formula is C11H17NO2S. The van der Waals surface area contributed by atoms with Crippen LogP contribution in [0.1, 0.15) is 34.6 Å². The molecule has 0 atom stereocenters. The van der Waals surface area contributed by atoms with Crippen molar-refractivity contribution in [3.05, 3.63) is 16.0 Å². The first-order chi connectivity index (χ1) is 6.97. The van der Waals surface area contributed by atoms with Crippen LogP contribution >= 0.6 is 11.3 Å². The van der Waals surface area contributed by atoms with Crippen LogP contribution in [-0.4, -0.2) is 13.1 Å². The molecule has 15 heavy (non-hydrogen) atoms. The largest absolute Gasteiger partial charge is 0.465 e. The van der Waals surface area contributed by atoms with Crippen LogP contribution in [0.2, 0.25) is 0 Å². The van der Waals surface area contributed by atoms with E-state index in [0.717, 1.165) is 12.0 Å². The van der Waals surface area contributed by atoms with Crippen molar-refractivity contribution < 1.29 is 9.53 Å². The Hall–Kier alpha value is -1.03. The first-order valence-corrected chi connectivity index (χ1v) is 5.75. The average Bonchev–Trinajstić information content (AvgIpc) is 2.40. The third-order valence-corrected chi connectivity index (χ3v) is 3.40. The molecule has 0 amide bonds. The smallest absolute Gasteiger partial charge is 0.341 e. The highest BCUT2D eigenvalue weighted by atomic mass is 32.1. The molecule has 2 N–H and O–H groups in total. The molecule has 84 valence electrons. The zero-order valence-corrected chi connectivity index (χ0v) is 10.4. The van der Waals surface area contributed by atoms with Crippen molar-refractivity contribution in [2.24, 2.45) is 5.92 Å². The fourth-order valence-electron chi connectivity index (χ4n) is 1.51. The summed E-state index contributed by atoms with van der Waals surface area (Å²) in [5.41, 5.74) is 7.32. The van der Waals surface area contributed by atoms with Gasteiger partial charge >= 0.3 is 5.97 Å². The molecule has 1 aromatic rings. The van der Waals surface area contributed by atoms with Gasteiger partial charge in [0.25, 0.3) is 0 Å². The highest BCUT2D eigenvalue weighted by Crippen LogP contribution is 2.32. The summed E-state index contributed by atoms with van der Waals surface area (Å²) in [7, 11) is 1.38. The van der Waals surface area contributed by atoms with E-state index in [-0.39, 0.29) is 5.97 Å². The van der Waals surface area contributed by atoms with Crippen molar-refractivity contribution in [2.45, 2.75) is 27.2 Å². The predicted octanol–water partition coefficient (Wildman–Crippen LogP) is 2.62. The van der Waals surface area contributed by atoms with E-state index in [9.17, 15) is 4.79 Å². The first kappa shape index (κ1) is 12.0. The quantitative estimate of drug-likeness (QED) is 0.808. The van der Waals surface area contributed by atoms with Gasteiger partial charge in [0.2, 0.25) is 0 Å². The fourth-order valence-corrected chi connectivity index (χ4v) is 2.78. The van der Waals surface area contributed by atoms with Gasteiger partial charge in [0, 0.05) is 4.88 Å². The second-order valence-corrected chi connectivity index (χ2v) is 5.12. The van der Waals surface area contributed by atoms with Crippen LogP contribution in [0, 0.1) is 12.8 Å². The zero-order chi connectivity index (χ0) is 11.6.